The third-order valence-electron chi connectivity index (χ3n) is 4.84. The Morgan fingerprint density at radius 2 is 2.03 bits per heavy atom. The number of aliphatic carboxylic acids is 1. The Hall–Kier alpha value is -1.38. The Morgan fingerprint density at radius 3 is 2.70 bits per heavy atom. The van der Waals surface area contributed by atoms with Crippen molar-refractivity contribution in [2.45, 2.75) is 56.5 Å². The molecule has 0 radical (unpaired) electrons. The van der Waals surface area contributed by atoms with E-state index in [9.17, 15) is 19.3 Å². The third-order valence-corrected chi connectivity index (χ3v) is 7.41. The monoisotopic (exact) mass is 457 g/mol. The highest BCUT2D eigenvalue weighted by Crippen LogP contribution is 2.38. The molecule has 2 rings (SSSR count). The van der Waals surface area contributed by atoms with Crippen molar-refractivity contribution in [3.8, 4) is 0 Å². The second-order valence-corrected chi connectivity index (χ2v) is 9.57. The molecular weight excluding hydrogens is 425 g/mol. The number of rotatable bonds is 13. The largest absolute Gasteiger partial charge is 0.480 e. The predicted molar refractivity (Wildman–Crippen MR) is 120 cm³/mol. The van der Waals surface area contributed by atoms with Crippen LogP contribution in [0.5, 0.6) is 0 Å². The van der Waals surface area contributed by atoms with E-state index in [4.69, 9.17) is 10.3 Å². The van der Waals surface area contributed by atoms with Crippen LogP contribution in [0.3, 0.4) is 0 Å². The summed E-state index contributed by atoms with van der Waals surface area (Å²) in [6, 6.07) is 8.58. The summed E-state index contributed by atoms with van der Waals surface area (Å²) in [6.45, 7) is 2.15. The lowest BCUT2D eigenvalue weighted by Crippen LogP contribution is -2.52. The molecule has 4 N–H and O–H groups in total. The van der Waals surface area contributed by atoms with Gasteiger partial charge in [-0.1, -0.05) is 49.6 Å². The predicted octanol–water partition coefficient (Wildman–Crippen LogP) is 3.01. The van der Waals surface area contributed by atoms with E-state index in [0.29, 0.717) is 12.3 Å². The van der Waals surface area contributed by atoms with Crippen LogP contribution in [0, 0.1) is 0 Å². The van der Waals surface area contributed by atoms with E-state index >= 15 is 0 Å². The summed E-state index contributed by atoms with van der Waals surface area (Å²) in [7, 11) is -2.63. The van der Waals surface area contributed by atoms with Gasteiger partial charge in [-0.05, 0) is 31.9 Å². The number of hydrogen-bond donors (Lipinski definition) is 3. The molecule has 10 heteroatoms. The maximum Gasteiger partial charge on any atom is 0.323 e. The molecule has 4 atom stereocenters. The maximum atomic E-state index is 12.9. The molecule has 1 aromatic rings. The molecule has 8 nitrogen and oxygen atoms in total. The number of unbranched alkanes of at least 4 members (excludes halogenated alkanes) is 3. The van der Waals surface area contributed by atoms with E-state index in [1.165, 1.54) is 16.7 Å². The first-order valence-corrected chi connectivity index (χ1v) is 12.6. The fourth-order valence-corrected chi connectivity index (χ4v) is 5.83. The van der Waals surface area contributed by atoms with Crippen LogP contribution in [-0.4, -0.2) is 52.9 Å². The molecule has 30 heavy (non-hydrogen) atoms. The van der Waals surface area contributed by atoms with Gasteiger partial charge in [-0.3, -0.25) is 14.2 Å². The van der Waals surface area contributed by atoms with Gasteiger partial charge in [-0.2, -0.15) is 0 Å². The van der Waals surface area contributed by atoms with Gasteiger partial charge in [0.15, 0.2) is 0 Å². The van der Waals surface area contributed by atoms with Gasteiger partial charge in [0.25, 0.3) is 8.18 Å². The quantitative estimate of drug-likeness (QED) is 0.305. The van der Waals surface area contributed by atoms with Crippen LogP contribution in [0.15, 0.2) is 30.3 Å². The van der Waals surface area contributed by atoms with Crippen molar-refractivity contribution in [1.29, 1.82) is 0 Å². The van der Waals surface area contributed by atoms with E-state index in [2.05, 4.69) is 5.09 Å². The SMILES string of the molecule is CC(CCCCCCN)O[PH](=O)NC1CSC(c2ccccc2)N(CC(=O)O)C1=O. The molecule has 0 aliphatic carbocycles. The molecule has 1 aliphatic rings. The minimum Gasteiger partial charge on any atom is -0.480 e. The lowest BCUT2D eigenvalue weighted by Gasteiger charge is -2.38. The number of carboxylic acid groups (broad SMARTS) is 1. The standard InChI is InChI=1S/C20H32N3O5PS/c1-15(9-5-2-3-8-12-21)28-29(27)22-17-14-30-20(16-10-6-4-7-11-16)23(19(17)26)13-18(24)25/h4,6-7,10-11,15,17,20,29H,2-3,5,8-9,12-14,21H2,1H3,(H,22,27)(H,24,25). The molecule has 1 fully saturated rings. The lowest BCUT2D eigenvalue weighted by atomic mass is 10.1. The number of amides is 1. The van der Waals surface area contributed by atoms with Gasteiger partial charge < -0.3 is 20.3 Å². The Labute approximate surface area is 182 Å². The fourth-order valence-electron chi connectivity index (χ4n) is 3.32. The molecule has 1 aliphatic heterocycles. The fraction of sp³-hybridized carbons (Fsp3) is 0.600. The lowest BCUT2D eigenvalue weighted by molar-refractivity contribution is -0.145. The Morgan fingerprint density at radius 1 is 1.33 bits per heavy atom. The van der Waals surface area contributed by atoms with Crippen LogP contribution >= 0.6 is 19.9 Å². The van der Waals surface area contributed by atoms with Crippen molar-refractivity contribution in [2.75, 3.05) is 18.8 Å². The minimum absolute atomic E-state index is 0.180. The highest BCUT2D eigenvalue weighted by atomic mass is 32.2. The van der Waals surface area contributed by atoms with Crippen LogP contribution in [0.1, 0.15) is 50.0 Å². The number of carboxylic acids is 1. The van der Waals surface area contributed by atoms with Crippen LogP contribution in [0.25, 0.3) is 0 Å². The van der Waals surface area contributed by atoms with Gasteiger partial charge in [0.05, 0.1) is 6.10 Å². The first kappa shape index (κ1) is 24.9. The van der Waals surface area contributed by atoms with E-state index < -0.39 is 26.7 Å². The minimum atomic E-state index is -2.63. The van der Waals surface area contributed by atoms with Crippen LogP contribution < -0.4 is 10.8 Å². The Balaban J connectivity index is 1.89. The molecule has 168 valence electrons. The summed E-state index contributed by atoms with van der Waals surface area (Å²) in [4.78, 5) is 25.6. The Kier molecular flexibility index (Phi) is 10.9. The zero-order valence-corrected chi connectivity index (χ0v) is 19.1. The van der Waals surface area contributed by atoms with E-state index in [1.807, 2.05) is 37.3 Å². The molecule has 0 spiro atoms. The molecule has 4 unspecified atom stereocenters. The van der Waals surface area contributed by atoms with Crippen molar-refractivity contribution in [2.24, 2.45) is 5.73 Å². The number of nitrogens with zero attached hydrogens (tertiary/aromatic N) is 1. The van der Waals surface area contributed by atoms with Gasteiger partial charge >= 0.3 is 5.97 Å². The summed E-state index contributed by atoms with van der Waals surface area (Å²) >= 11 is 1.45. The van der Waals surface area contributed by atoms with Crippen LogP contribution in [0.2, 0.25) is 0 Å². The number of carbonyl (C=O) groups excluding carboxylic acids is 1. The highest BCUT2D eigenvalue weighted by Gasteiger charge is 2.38. The summed E-state index contributed by atoms with van der Waals surface area (Å²) in [5.74, 6) is -1.07. The molecule has 1 aromatic carbocycles. The van der Waals surface area contributed by atoms with Gasteiger partial charge in [0.1, 0.15) is 18.0 Å². The van der Waals surface area contributed by atoms with Crippen molar-refractivity contribution in [3.63, 3.8) is 0 Å². The molecule has 1 amide bonds. The Bertz CT molecular complexity index is 709. The van der Waals surface area contributed by atoms with Gasteiger partial charge in [-0.15, -0.1) is 11.8 Å². The maximum absolute atomic E-state index is 12.9. The highest BCUT2D eigenvalue weighted by molar-refractivity contribution is 7.99. The zero-order valence-electron chi connectivity index (χ0n) is 17.3. The summed E-state index contributed by atoms with van der Waals surface area (Å²) in [6.07, 6.45) is 4.72. The van der Waals surface area contributed by atoms with Crippen molar-refractivity contribution >= 4 is 31.8 Å². The second kappa shape index (κ2) is 13.1. The molecule has 1 saturated heterocycles. The molecule has 0 bridgehead atoms. The zero-order chi connectivity index (χ0) is 21.9. The summed E-state index contributed by atoms with van der Waals surface area (Å²) < 4.78 is 18.0. The number of nitrogens with one attached hydrogen (secondary N) is 1. The normalized spacial score (nSPS) is 21.4. The smallest absolute Gasteiger partial charge is 0.323 e. The van der Waals surface area contributed by atoms with Crippen LogP contribution in [0.4, 0.5) is 0 Å². The van der Waals surface area contributed by atoms with E-state index in [-0.39, 0.29) is 17.4 Å². The molecular formula is C20H32N3O5PS. The first-order chi connectivity index (χ1) is 14.4. The first-order valence-electron chi connectivity index (χ1n) is 10.3. The van der Waals surface area contributed by atoms with Crippen molar-refractivity contribution in [1.82, 2.24) is 9.99 Å². The number of carbonyl (C=O) groups is 2. The number of hydrogen-bond acceptors (Lipinski definition) is 6. The number of nitrogens with two attached hydrogens (primary N) is 1. The summed E-state index contributed by atoms with van der Waals surface area (Å²) in [5.41, 5.74) is 6.34. The van der Waals surface area contributed by atoms with E-state index in [1.54, 1.807) is 0 Å². The molecule has 0 saturated carbocycles. The molecule has 1 heterocycles. The number of benzene rings is 1. The van der Waals surface area contributed by atoms with E-state index in [0.717, 1.165) is 37.7 Å². The molecule has 0 aromatic heterocycles. The average Bonchev–Trinajstić information content (AvgIpc) is 2.71. The van der Waals surface area contributed by atoms with Crippen molar-refractivity contribution < 1.29 is 23.8 Å². The average molecular weight is 458 g/mol. The van der Waals surface area contributed by atoms with Crippen LogP contribution in [-0.2, 0) is 18.7 Å². The third kappa shape index (κ3) is 8.04. The second-order valence-electron chi connectivity index (χ2n) is 7.36. The van der Waals surface area contributed by atoms with Gasteiger partial charge in [0.2, 0.25) is 5.91 Å². The topological polar surface area (TPSA) is 122 Å². The number of thioether (sulfide) groups is 1. The summed E-state index contributed by atoms with van der Waals surface area (Å²) in [5, 5.41) is 11.7. The van der Waals surface area contributed by atoms with Crippen molar-refractivity contribution in [3.05, 3.63) is 35.9 Å². The van der Waals surface area contributed by atoms with Gasteiger partial charge in [-0.25, -0.2) is 5.09 Å². The van der Waals surface area contributed by atoms with Gasteiger partial charge in [0, 0.05) is 5.75 Å².